The number of Topliss-reactive ketones (excluding diaryl/α,β-unsaturated/α-hetero) is 1. The van der Waals surface area contributed by atoms with Gasteiger partial charge in [0.25, 0.3) is 0 Å². The Morgan fingerprint density at radius 3 is 2.72 bits per heavy atom. The number of imidazole rings is 2. The number of ether oxygens (including phenoxy) is 1. The third kappa shape index (κ3) is 4.52. The predicted molar refractivity (Wildman–Crippen MR) is 112 cm³/mol. The number of aryl methyl sites for hydroxylation is 1. The molecule has 0 aliphatic heterocycles. The summed E-state index contributed by atoms with van der Waals surface area (Å²) in [6, 6.07) is 9.06. The minimum Gasteiger partial charge on any atom is -0.406 e. The number of carbonyl (C=O) groups excluding carboxylic acids is 1. The number of aliphatic hydroxyl groups is 1. The van der Waals surface area contributed by atoms with Crippen molar-refractivity contribution in [3.63, 3.8) is 0 Å². The molecule has 0 atom stereocenters. The minimum atomic E-state index is -4.78. The predicted octanol–water partition coefficient (Wildman–Crippen LogP) is 4.53. The highest BCUT2D eigenvalue weighted by Gasteiger charge is 2.31. The molecule has 0 spiro atoms. The number of hydrogen-bond acceptors (Lipinski definition) is 6. The van der Waals surface area contributed by atoms with Crippen molar-refractivity contribution in [2.45, 2.75) is 32.7 Å². The van der Waals surface area contributed by atoms with Crippen molar-refractivity contribution in [3.05, 3.63) is 42.0 Å². The van der Waals surface area contributed by atoms with E-state index >= 15 is 0 Å². The lowest BCUT2D eigenvalue weighted by atomic mass is 10.1. The average Bonchev–Trinajstić information content (AvgIpc) is 3.29. The van der Waals surface area contributed by atoms with Crippen LogP contribution in [0.3, 0.4) is 0 Å². The maximum absolute atomic E-state index is 12.5. The van der Waals surface area contributed by atoms with E-state index in [2.05, 4.69) is 25.0 Å². The zero-order valence-corrected chi connectivity index (χ0v) is 17.0. The zero-order valence-electron chi connectivity index (χ0n) is 17.0. The summed E-state index contributed by atoms with van der Waals surface area (Å²) >= 11 is 0. The number of H-pyrrole nitrogens is 1. The van der Waals surface area contributed by atoms with Gasteiger partial charge in [0.1, 0.15) is 5.75 Å². The highest BCUT2D eigenvalue weighted by Crippen LogP contribution is 2.28. The van der Waals surface area contributed by atoms with E-state index in [-0.39, 0.29) is 24.6 Å². The molecule has 3 N–H and O–H groups in total. The third-order valence-corrected chi connectivity index (χ3v) is 4.87. The van der Waals surface area contributed by atoms with E-state index in [1.807, 2.05) is 17.6 Å². The molecule has 4 aromatic rings. The van der Waals surface area contributed by atoms with Crippen molar-refractivity contribution in [2.24, 2.45) is 0 Å². The van der Waals surface area contributed by atoms with Crippen molar-refractivity contribution < 1.29 is 27.8 Å². The summed E-state index contributed by atoms with van der Waals surface area (Å²) in [4.78, 5) is 24.1. The first-order valence-electron chi connectivity index (χ1n) is 9.94. The fourth-order valence-electron chi connectivity index (χ4n) is 3.45. The Morgan fingerprint density at radius 2 is 2.00 bits per heavy atom. The summed E-state index contributed by atoms with van der Waals surface area (Å²) in [6.07, 6.45) is -4.13. The van der Waals surface area contributed by atoms with Gasteiger partial charge < -0.3 is 19.4 Å². The van der Waals surface area contributed by atoms with Crippen LogP contribution in [0.1, 0.15) is 30.1 Å². The van der Waals surface area contributed by atoms with Gasteiger partial charge in [0.15, 0.2) is 5.78 Å². The van der Waals surface area contributed by atoms with E-state index in [1.165, 1.54) is 18.2 Å². The van der Waals surface area contributed by atoms with Crippen LogP contribution < -0.4 is 10.1 Å². The monoisotopic (exact) mass is 447 g/mol. The molecule has 0 aliphatic carbocycles. The van der Waals surface area contributed by atoms with E-state index in [0.29, 0.717) is 47.0 Å². The number of anilines is 2. The van der Waals surface area contributed by atoms with Gasteiger partial charge in [0, 0.05) is 31.2 Å². The van der Waals surface area contributed by atoms with E-state index in [4.69, 9.17) is 5.11 Å². The summed E-state index contributed by atoms with van der Waals surface area (Å²) in [6.45, 7) is 2.47. The first-order chi connectivity index (χ1) is 15.3. The van der Waals surface area contributed by atoms with Gasteiger partial charge in [0.05, 0.1) is 22.1 Å². The Labute approximate surface area is 180 Å². The van der Waals surface area contributed by atoms with Gasteiger partial charge >= 0.3 is 6.36 Å². The molecule has 4 rings (SSSR count). The second-order valence-electron chi connectivity index (χ2n) is 7.07. The lowest BCUT2D eigenvalue weighted by Gasteiger charge is -2.07. The van der Waals surface area contributed by atoms with E-state index in [9.17, 15) is 18.0 Å². The van der Waals surface area contributed by atoms with Gasteiger partial charge in [-0.2, -0.15) is 0 Å². The number of aromatic nitrogens is 4. The number of hydrogen-bond donors (Lipinski definition) is 3. The number of nitrogens with one attached hydrogen (secondary N) is 2. The molecule has 0 radical (unpaired) electrons. The SMILES string of the molecule is CCn1c(Nc2nc3ccc(OC(F)(F)F)cc3[nH]2)nc2cc(C(=O)CCCO)ccc21. The fraction of sp³-hybridized carbons (Fsp3) is 0.286. The molecular weight excluding hydrogens is 427 g/mol. The Bertz CT molecular complexity index is 1280. The van der Waals surface area contributed by atoms with E-state index in [0.717, 1.165) is 5.52 Å². The lowest BCUT2D eigenvalue weighted by Crippen LogP contribution is -2.16. The number of ketones is 1. The topological polar surface area (TPSA) is 105 Å². The molecule has 2 aromatic carbocycles. The van der Waals surface area contributed by atoms with Crippen LogP contribution in [0.4, 0.5) is 25.1 Å². The molecule has 0 amide bonds. The average molecular weight is 447 g/mol. The van der Waals surface area contributed by atoms with Gasteiger partial charge in [-0.1, -0.05) is 0 Å². The maximum atomic E-state index is 12.5. The zero-order chi connectivity index (χ0) is 22.9. The van der Waals surface area contributed by atoms with Crippen LogP contribution in [-0.4, -0.2) is 43.4 Å². The van der Waals surface area contributed by atoms with Crippen molar-refractivity contribution in [2.75, 3.05) is 11.9 Å². The molecule has 168 valence electrons. The van der Waals surface area contributed by atoms with Gasteiger partial charge in [-0.15, -0.1) is 13.2 Å². The van der Waals surface area contributed by atoms with Crippen LogP contribution in [0.5, 0.6) is 5.75 Å². The van der Waals surface area contributed by atoms with Gasteiger partial charge in [-0.05, 0) is 43.7 Å². The number of aliphatic hydroxyl groups excluding tert-OH is 1. The van der Waals surface area contributed by atoms with Crippen LogP contribution in [0.2, 0.25) is 0 Å². The van der Waals surface area contributed by atoms with Crippen LogP contribution in [0, 0.1) is 0 Å². The second-order valence-corrected chi connectivity index (χ2v) is 7.07. The fourth-order valence-corrected chi connectivity index (χ4v) is 3.45. The quantitative estimate of drug-likeness (QED) is 0.343. The van der Waals surface area contributed by atoms with Crippen LogP contribution in [0.25, 0.3) is 22.1 Å². The Morgan fingerprint density at radius 1 is 1.19 bits per heavy atom. The smallest absolute Gasteiger partial charge is 0.406 e. The highest BCUT2D eigenvalue weighted by molar-refractivity contribution is 5.99. The van der Waals surface area contributed by atoms with E-state index < -0.39 is 6.36 Å². The lowest BCUT2D eigenvalue weighted by molar-refractivity contribution is -0.274. The minimum absolute atomic E-state index is 0.0478. The van der Waals surface area contributed by atoms with Crippen molar-refractivity contribution in [1.29, 1.82) is 0 Å². The normalized spacial score (nSPS) is 11.9. The number of carbonyl (C=O) groups is 1. The van der Waals surface area contributed by atoms with Gasteiger partial charge in [-0.3, -0.25) is 10.1 Å². The molecule has 2 heterocycles. The standard InChI is InChI=1S/C21H20F3N5O3/c1-2-29-17-8-5-12(18(31)4-3-9-30)10-16(17)27-20(29)28-19-25-14-7-6-13(11-15(14)26-19)32-21(22,23)24/h5-8,10-11,30H,2-4,9H2,1H3,(H2,25,26,27,28). The molecule has 11 heteroatoms. The number of alkyl halides is 3. The van der Waals surface area contributed by atoms with Crippen molar-refractivity contribution >= 4 is 39.7 Å². The molecule has 2 aromatic heterocycles. The molecular formula is C21H20F3N5O3. The summed E-state index contributed by atoms with van der Waals surface area (Å²) in [5, 5.41) is 12.0. The Balaban J connectivity index is 1.63. The number of benzene rings is 2. The van der Waals surface area contributed by atoms with Gasteiger partial charge in [-0.25, -0.2) is 9.97 Å². The van der Waals surface area contributed by atoms with Crippen LogP contribution in [0.15, 0.2) is 36.4 Å². The Kier molecular flexibility index (Phi) is 5.74. The van der Waals surface area contributed by atoms with Crippen LogP contribution in [-0.2, 0) is 6.54 Å². The third-order valence-electron chi connectivity index (χ3n) is 4.87. The second kappa shape index (κ2) is 8.50. The number of rotatable bonds is 8. The number of aromatic amines is 1. The van der Waals surface area contributed by atoms with Crippen molar-refractivity contribution in [1.82, 2.24) is 19.5 Å². The van der Waals surface area contributed by atoms with E-state index in [1.54, 1.807) is 12.1 Å². The molecule has 32 heavy (non-hydrogen) atoms. The number of fused-ring (bicyclic) bond motifs is 2. The molecule has 0 unspecified atom stereocenters. The molecule has 8 nitrogen and oxygen atoms in total. The summed E-state index contributed by atoms with van der Waals surface area (Å²) in [5.41, 5.74) is 2.76. The number of halogens is 3. The molecule has 0 saturated carbocycles. The molecule has 0 saturated heterocycles. The first kappa shape index (κ1) is 21.6. The summed E-state index contributed by atoms with van der Waals surface area (Å²) < 4.78 is 43.2. The largest absolute Gasteiger partial charge is 0.573 e. The molecule has 0 bridgehead atoms. The number of nitrogens with zero attached hydrogens (tertiary/aromatic N) is 3. The maximum Gasteiger partial charge on any atom is 0.573 e. The summed E-state index contributed by atoms with van der Waals surface area (Å²) in [5.74, 6) is 0.344. The highest BCUT2D eigenvalue weighted by atomic mass is 19.4. The van der Waals surface area contributed by atoms with Crippen LogP contribution >= 0.6 is 0 Å². The Hall–Kier alpha value is -3.60. The molecule has 0 fully saturated rings. The first-order valence-corrected chi connectivity index (χ1v) is 9.94. The molecule has 0 aliphatic rings. The van der Waals surface area contributed by atoms with Gasteiger partial charge in [0.2, 0.25) is 11.9 Å². The summed E-state index contributed by atoms with van der Waals surface area (Å²) in [7, 11) is 0. The van der Waals surface area contributed by atoms with Crippen molar-refractivity contribution in [3.8, 4) is 5.75 Å².